The van der Waals surface area contributed by atoms with Gasteiger partial charge >= 0.3 is 0 Å². The summed E-state index contributed by atoms with van der Waals surface area (Å²) >= 11 is 0. The fourth-order valence-electron chi connectivity index (χ4n) is 2.38. The predicted molar refractivity (Wildman–Crippen MR) is 68.9 cm³/mol. The summed E-state index contributed by atoms with van der Waals surface area (Å²) in [5.41, 5.74) is 4.95. The van der Waals surface area contributed by atoms with Gasteiger partial charge in [0, 0.05) is 22.9 Å². The third-order valence-corrected chi connectivity index (χ3v) is 3.21. The molecule has 1 aliphatic carbocycles. The van der Waals surface area contributed by atoms with Gasteiger partial charge in [-0.1, -0.05) is 0 Å². The van der Waals surface area contributed by atoms with E-state index < -0.39 is 5.82 Å². The van der Waals surface area contributed by atoms with Crippen LogP contribution in [0.2, 0.25) is 0 Å². The Balaban J connectivity index is 2.15. The second kappa shape index (κ2) is 4.47. The van der Waals surface area contributed by atoms with Crippen molar-refractivity contribution in [2.75, 3.05) is 5.43 Å². The van der Waals surface area contributed by atoms with E-state index in [0.717, 1.165) is 36.6 Å². The molecule has 0 atom stereocenters. The summed E-state index contributed by atoms with van der Waals surface area (Å²) < 4.78 is 13.3. The van der Waals surface area contributed by atoms with Gasteiger partial charge in [-0.05, 0) is 31.4 Å². The van der Waals surface area contributed by atoms with E-state index in [2.05, 4.69) is 15.4 Å². The molecule has 0 radical (unpaired) electrons. The van der Waals surface area contributed by atoms with Gasteiger partial charge in [-0.3, -0.25) is 0 Å². The summed E-state index contributed by atoms with van der Waals surface area (Å²) in [5.74, 6) is 5.72. The number of benzene rings is 1. The van der Waals surface area contributed by atoms with Gasteiger partial charge in [-0.15, -0.1) is 0 Å². The van der Waals surface area contributed by atoms with Gasteiger partial charge in [0.05, 0.1) is 0 Å². The van der Waals surface area contributed by atoms with Crippen LogP contribution in [-0.2, 0) is 12.8 Å². The van der Waals surface area contributed by atoms with Crippen LogP contribution in [0.15, 0.2) is 18.2 Å². The highest BCUT2D eigenvalue weighted by Gasteiger charge is 2.19. The largest absolute Gasteiger partial charge is 0.508 e. The van der Waals surface area contributed by atoms with Crippen LogP contribution in [0.25, 0.3) is 11.4 Å². The van der Waals surface area contributed by atoms with E-state index in [1.54, 1.807) is 0 Å². The van der Waals surface area contributed by atoms with Crippen molar-refractivity contribution in [2.24, 2.45) is 5.84 Å². The first-order valence-electron chi connectivity index (χ1n) is 6.03. The summed E-state index contributed by atoms with van der Waals surface area (Å²) in [6, 6.07) is 3.76. The van der Waals surface area contributed by atoms with Gasteiger partial charge < -0.3 is 10.5 Å². The van der Waals surface area contributed by atoms with Crippen molar-refractivity contribution in [3.63, 3.8) is 0 Å². The first kappa shape index (κ1) is 11.9. The lowest BCUT2D eigenvalue weighted by Crippen LogP contribution is -2.12. The number of nitrogen functional groups attached to an aromatic ring is 1. The molecule has 2 aromatic rings. The van der Waals surface area contributed by atoms with Crippen LogP contribution < -0.4 is 11.3 Å². The van der Waals surface area contributed by atoms with Crippen molar-refractivity contribution in [3.05, 3.63) is 35.3 Å². The summed E-state index contributed by atoms with van der Waals surface area (Å²) in [6.45, 7) is 0. The minimum absolute atomic E-state index is 0.152. The van der Waals surface area contributed by atoms with Crippen LogP contribution in [0.3, 0.4) is 0 Å². The molecule has 1 heterocycles. The van der Waals surface area contributed by atoms with Crippen molar-refractivity contribution < 1.29 is 9.50 Å². The number of hydrogen-bond acceptors (Lipinski definition) is 5. The molecule has 5 nitrogen and oxygen atoms in total. The predicted octanol–water partition coefficient (Wildman–Crippen LogP) is 1.76. The number of halogens is 1. The maximum absolute atomic E-state index is 13.3. The number of phenolic OH excluding ortho intramolecular Hbond substituents is 1. The molecule has 0 amide bonds. The van der Waals surface area contributed by atoms with Crippen LogP contribution in [0.4, 0.5) is 10.2 Å². The summed E-state index contributed by atoms with van der Waals surface area (Å²) in [6.07, 6.45) is 2.76. The molecule has 1 aliphatic rings. The van der Waals surface area contributed by atoms with Crippen molar-refractivity contribution >= 4 is 5.82 Å². The molecule has 0 fully saturated rings. The van der Waals surface area contributed by atoms with E-state index in [9.17, 15) is 9.50 Å². The number of nitrogens with zero attached hydrogens (tertiary/aromatic N) is 2. The van der Waals surface area contributed by atoms with Gasteiger partial charge in [0.1, 0.15) is 17.4 Å². The number of phenols is 1. The molecule has 4 N–H and O–H groups in total. The first-order valence-corrected chi connectivity index (χ1v) is 6.03. The number of fused-ring (bicyclic) bond motifs is 1. The van der Waals surface area contributed by atoms with Crippen molar-refractivity contribution in [1.29, 1.82) is 0 Å². The molecule has 0 saturated carbocycles. The van der Waals surface area contributed by atoms with Crippen LogP contribution in [0.5, 0.6) is 5.75 Å². The Morgan fingerprint density at radius 3 is 2.79 bits per heavy atom. The molecular weight excluding hydrogens is 247 g/mol. The minimum atomic E-state index is -0.527. The molecular formula is C13H13FN4O. The molecule has 0 bridgehead atoms. The van der Waals surface area contributed by atoms with Gasteiger partial charge in [-0.25, -0.2) is 20.2 Å². The Labute approximate surface area is 109 Å². The lowest BCUT2D eigenvalue weighted by molar-refractivity contribution is 0.469. The molecule has 6 heteroatoms. The fraction of sp³-hybridized carbons (Fsp3) is 0.231. The monoisotopic (exact) mass is 260 g/mol. The molecule has 0 saturated heterocycles. The average molecular weight is 260 g/mol. The van der Waals surface area contributed by atoms with Crippen LogP contribution >= 0.6 is 0 Å². The number of aromatic hydroxyl groups is 1. The van der Waals surface area contributed by atoms with Gasteiger partial charge in [-0.2, -0.15) is 0 Å². The molecule has 3 rings (SSSR count). The Hall–Kier alpha value is -2.21. The van der Waals surface area contributed by atoms with Crippen molar-refractivity contribution in [2.45, 2.75) is 19.3 Å². The SMILES string of the molecule is NNc1nc(-c2cc(O)cc(F)c2)nc2c1CCC2. The average Bonchev–Trinajstić information content (AvgIpc) is 2.84. The highest BCUT2D eigenvalue weighted by molar-refractivity contribution is 5.62. The number of hydrogen-bond donors (Lipinski definition) is 3. The molecule has 1 aromatic heterocycles. The van der Waals surface area contributed by atoms with E-state index in [1.165, 1.54) is 12.1 Å². The third-order valence-electron chi connectivity index (χ3n) is 3.21. The van der Waals surface area contributed by atoms with E-state index in [-0.39, 0.29) is 5.75 Å². The number of nitrogens with one attached hydrogen (secondary N) is 1. The van der Waals surface area contributed by atoms with E-state index >= 15 is 0 Å². The lowest BCUT2D eigenvalue weighted by Gasteiger charge is -2.09. The Bertz CT molecular complexity index is 625. The van der Waals surface area contributed by atoms with Crippen molar-refractivity contribution in [1.82, 2.24) is 9.97 Å². The second-order valence-electron chi connectivity index (χ2n) is 4.52. The van der Waals surface area contributed by atoms with Gasteiger partial charge in [0.25, 0.3) is 0 Å². The van der Waals surface area contributed by atoms with Crippen LogP contribution in [0.1, 0.15) is 17.7 Å². The molecule has 19 heavy (non-hydrogen) atoms. The number of hydrazine groups is 1. The summed E-state index contributed by atoms with van der Waals surface area (Å²) in [7, 11) is 0. The molecule has 0 aliphatic heterocycles. The number of rotatable bonds is 2. The quantitative estimate of drug-likeness (QED) is 0.566. The zero-order valence-electron chi connectivity index (χ0n) is 10.2. The summed E-state index contributed by atoms with van der Waals surface area (Å²) in [5, 5.41) is 9.44. The number of aryl methyl sites for hydroxylation is 1. The highest BCUT2D eigenvalue weighted by atomic mass is 19.1. The third kappa shape index (κ3) is 2.10. The molecule has 1 aromatic carbocycles. The fourth-order valence-corrected chi connectivity index (χ4v) is 2.38. The smallest absolute Gasteiger partial charge is 0.162 e. The minimum Gasteiger partial charge on any atom is -0.508 e. The van der Waals surface area contributed by atoms with Crippen molar-refractivity contribution in [3.8, 4) is 17.1 Å². The van der Waals surface area contributed by atoms with Crippen LogP contribution in [-0.4, -0.2) is 15.1 Å². The Morgan fingerprint density at radius 1 is 1.21 bits per heavy atom. The van der Waals surface area contributed by atoms with E-state index in [0.29, 0.717) is 17.2 Å². The summed E-state index contributed by atoms with van der Waals surface area (Å²) in [4.78, 5) is 8.72. The lowest BCUT2D eigenvalue weighted by atomic mass is 10.1. The molecule has 0 unspecified atom stereocenters. The van der Waals surface area contributed by atoms with E-state index in [4.69, 9.17) is 5.84 Å². The highest BCUT2D eigenvalue weighted by Crippen LogP contribution is 2.30. The molecule has 0 spiro atoms. The Kier molecular flexibility index (Phi) is 2.79. The first-order chi connectivity index (χ1) is 9.17. The molecule has 98 valence electrons. The number of aromatic nitrogens is 2. The zero-order valence-corrected chi connectivity index (χ0v) is 10.2. The zero-order chi connectivity index (χ0) is 13.4. The van der Waals surface area contributed by atoms with Gasteiger partial charge in [0.15, 0.2) is 5.82 Å². The van der Waals surface area contributed by atoms with Crippen LogP contribution in [0, 0.1) is 5.82 Å². The number of nitrogens with two attached hydrogens (primary N) is 1. The maximum atomic E-state index is 13.3. The number of anilines is 1. The normalized spacial score (nSPS) is 13.4. The standard InChI is InChI=1S/C13H13FN4O/c14-8-4-7(5-9(19)6-8)12-16-11-3-1-2-10(11)13(17-12)18-15/h4-6,19H,1-3,15H2,(H,16,17,18). The van der Waals surface area contributed by atoms with Gasteiger partial charge in [0.2, 0.25) is 0 Å². The second-order valence-corrected chi connectivity index (χ2v) is 4.52. The maximum Gasteiger partial charge on any atom is 0.162 e. The topological polar surface area (TPSA) is 84.1 Å². The van der Waals surface area contributed by atoms with E-state index in [1.807, 2.05) is 0 Å². The Morgan fingerprint density at radius 2 is 2.05 bits per heavy atom.